The van der Waals surface area contributed by atoms with Crippen molar-refractivity contribution in [1.29, 1.82) is 0 Å². The van der Waals surface area contributed by atoms with Crippen LogP contribution in [0.2, 0.25) is 0 Å². The molecule has 9 heteroatoms. The van der Waals surface area contributed by atoms with Gasteiger partial charge in [-0.1, -0.05) is 0 Å². The minimum absolute atomic E-state index is 0. The molecule has 0 aliphatic carbocycles. The van der Waals surface area contributed by atoms with E-state index in [9.17, 15) is 9.59 Å². The molecular formula is C18H35IN6O2. The molecular weight excluding hydrogens is 459 g/mol. The lowest BCUT2D eigenvalue weighted by Crippen LogP contribution is -2.55. The quantitative estimate of drug-likeness (QED) is 0.338. The van der Waals surface area contributed by atoms with Gasteiger partial charge in [-0.2, -0.15) is 0 Å². The number of guanidine groups is 1. The number of halogens is 1. The van der Waals surface area contributed by atoms with Crippen molar-refractivity contribution in [3.63, 3.8) is 0 Å². The van der Waals surface area contributed by atoms with E-state index in [0.29, 0.717) is 6.54 Å². The summed E-state index contributed by atoms with van der Waals surface area (Å²) in [6.07, 6.45) is 2.26. The van der Waals surface area contributed by atoms with Gasteiger partial charge >= 0.3 is 0 Å². The highest BCUT2D eigenvalue weighted by molar-refractivity contribution is 14.0. The fraction of sp³-hybridized carbons (Fsp3) is 0.833. The van der Waals surface area contributed by atoms with Crippen LogP contribution in [0.3, 0.4) is 0 Å². The van der Waals surface area contributed by atoms with E-state index in [1.54, 1.807) is 19.0 Å². The van der Waals surface area contributed by atoms with Gasteiger partial charge in [0, 0.05) is 59.4 Å². The van der Waals surface area contributed by atoms with Crippen LogP contribution in [-0.4, -0.2) is 110 Å². The fourth-order valence-corrected chi connectivity index (χ4v) is 3.15. The summed E-state index contributed by atoms with van der Waals surface area (Å²) in [5, 5.41) is 3.36. The highest BCUT2D eigenvalue weighted by atomic mass is 127. The van der Waals surface area contributed by atoms with Crippen LogP contribution < -0.4 is 5.32 Å². The number of piperazine rings is 1. The molecule has 0 atom stereocenters. The summed E-state index contributed by atoms with van der Waals surface area (Å²) in [7, 11) is 3.48. The topological polar surface area (TPSA) is 71.5 Å². The molecule has 0 unspecified atom stereocenters. The first-order valence-corrected chi connectivity index (χ1v) is 9.63. The molecule has 2 rings (SSSR count). The summed E-state index contributed by atoms with van der Waals surface area (Å²) >= 11 is 0. The highest BCUT2D eigenvalue weighted by Crippen LogP contribution is 2.09. The number of carbonyl (C=O) groups is 2. The number of hydrogen-bond donors (Lipinski definition) is 1. The van der Waals surface area contributed by atoms with Gasteiger partial charge in [0.25, 0.3) is 0 Å². The van der Waals surface area contributed by atoms with Crippen molar-refractivity contribution in [2.75, 3.05) is 66.5 Å². The van der Waals surface area contributed by atoms with E-state index < -0.39 is 0 Å². The second-order valence-electron chi connectivity index (χ2n) is 7.58. The van der Waals surface area contributed by atoms with Gasteiger partial charge in [0.15, 0.2) is 5.96 Å². The SMILES string of the molecule is CC(C)NC(=NCC(=O)N(C)C)N1CCN(CC(=O)N2CCCC2)CC1.I. The van der Waals surface area contributed by atoms with Gasteiger partial charge in [0.05, 0.1) is 6.54 Å². The van der Waals surface area contributed by atoms with Crippen LogP contribution in [0.5, 0.6) is 0 Å². The van der Waals surface area contributed by atoms with Crippen molar-refractivity contribution >= 4 is 41.8 Å². The average Bonchev–Trinajstić information content (AvgIpc) is 3.13. The van der Waals surface area contributed by atoms with E-state index >= 15 is 0 Å². The van der Waals surface area contributed by atoms with E-state index in [2.05, 4.69) is 34.0 Å². The van der Waals surface area contributed by atoms with E-state index in [1.165, 1.54) is 0 Å². The summed E-state index contributed by atoms with van der Waals surface area (Å²) in [6.45, 7) is 9.89. The number of likely N-dealkylation sites (tertiary alicyclic amines) is 1. The Balaban J connectivity index is 0.00000364. The van der Waals surface area contributed by atoms with Crippen molar-refractivity contribution in [3.8, 4) is 0 Å². The summed E-state index contributed by atoms with van der Waals surface area (Å²) in [5.74, 6) is 1.02. The lowest BCUT2D eigenvalue weighted by Gasteiger charge is -2.37. The van der Waals surface area contributed by atoms with Gasteiger partial charge in [-0.15, -0.1) is 24.0 Å². The van der Waals surface area contributed by atoms with Gasteiger partial charge in [-0.05, 0) is 26.7 Å². The zero-order valence-corrected chi connectivity index (χ0v) is 19.4. The molecule has 2 aliphatic rings. The normalized spacial score (nSPS) is 18.5. The number of amides is 2. The van der Waals surface area contributed by atoms with Gasteiger partial charge in [-0.25, -0.2) is 4.99 Å². The smallest absolute Gasteiger partial charge is 0.243 e. The Hall–Kier alpha value is -1.10. The van der Waals surface area contributed by atoms with Crippen LogP contribution >= 0.6 is 24.0 Å². The first-order chi connectivity index (χ1) is 12.4. The highest BCUT2D eigenvalue weighted by Gasteiger charge is 2.25. The zero-order chi connectivity index (χ0) is 19.1. The van der Waals surface area contributed by atoms with E-state index in [1.807, 2.05) is 4.90 Å². The Kier molecular flexibility index (Phi) is 10.4. The Morgan fingerprint density at radius 2 is 1.59 bits per heavy atom. The molecule has 0 aromatic heterocycles. The Bertz CT molecular complexity index is 512. The molecule has 2 saturated heterocycles. The number of carbonyl (C=O) groups excluding carboxylic acids is 2. The van der Waals surface area contributed by atoms with Gasteiger partial charge in [0.1, 0.15) is 6.54 Å². The summed E-state index contributed by atoms with van der Waals surface area (Å²) in [4.78, 5) is 36.6. The lowest BCUT2D eigenvalue weighted by molar-refractivity contribution is -0.131. The second-order valence-corrected chi connectivity index (χ2v) is 7.58. The monoisotopic (exact) mass is 494 g/mol. The Morgan fingerprint density at radius 1 is 1.00 bits per heavy atom. The van der Waals surface area contributed by atoms with Crippen LogP contribution in [-0.2, 0) is 9.59 Å². The van der Waals surface area contributed by atoms with Crippen molar-refractivity contribution < 1.29 is 9.59 Å². The molecule has 0 saturated carbocycles. The molecule has 2 amide bonds. The lowest BCUT2D eigenvalue weighted by atomic mass is 10.3. The third-order valence-electron chi connectivity index (χ3n) is 4.77. The maximum absolute atomic E-state index is 12.3. The van der Waals surface area contributed by atoms with Crippen LogP contribution in [0.1, 0.15) is 26.7 Å². The van der Waals surface area contributed by atoms with Crippen molar-refractivity contribution in [3.05, 3.63) is 0 Å². The summed E-state index contributed by atoms with van der Waals surface area (Å²) in [6, 6.07) is 0.248. The van der Waals surface area contributed by atoms with E-state index in [0.717, 1.165) is 58.1 Å². The molecule has 1 N–H and O–H groups in total. The maximum Gasteiger partial charge on any atom is 0.243 e. The molecule has 0 spiro atoms. The minimum Gasteiger partial charge on any atom is -0.354 e. The predicted octanol–water partition coefficient (Wildman–Crippen LogP) is 0.287. The molecule has 27 heavy (non-hydrogen) atoms. The van der Waals surface area contributed by atoms with Crippen LogP contribution in [0.4, 0.5) is 0 Å². The van der Waals surface area contributed by atoms with Crippen LogP contribution in [0.25, 0.3) is 0 Å². The third-order valence-corrected chi connectivity index (χ3v) is 4.77. The predicted molar refractivity (Wildman–Crippen MR) is 119 cm³/mol. The molecule has 8 nitrogen and oxygen atoms in total. The minimum atomic E-state index is -0.0112. The Morgan fingerprint density at radius 3 is 2.11 bits per heavy atom. The number of aliphatic imine (C=N–C) groups is 1. The van der Waals surface area contributed by atoms with Gasteiger partial charge < -0.3 is 20.0 Å². The third kappa shape index (κ3) is 7.81. The molecule has 2 heterocycles. The second kappa shape index (κ2) is 11.7. The summed E-state index contributed by atoms with van der Waals surface area (Å²) < 4.78 is 0. The average molecular weight is 494 g/mol. The van der Waals surface area contributed by atoms with Crippen molar-refractivity contribution in [1.82, 2.24) is 24.9 Å². The molecule has 0 radical (unpaired) electrons. The van der Waals surface area contributed by atoms with E-state index in [-0.39, 0.29) is 48.4 Å². The number of nitrogens with zero attached hydrogens (tertiary/aromatic N) is 5. The van der Waals surface area contributed by atoms with Crippen molar-refractivity contribution in [2.45, 2.75) is 32.7 Å². The van der Waals surface area contributed by atoms with Crippen LogP contribution in [0, 0.1) is 0 Å². The van der Waals surface area contributed by atoms with Crippen LogP contribution in [0.15, 0.2) is 4.99 Å². The molecule has 2 aliphatic heterocycles. The Labute approximate surface area is 180 Å². The summed E-state index contributed by atoms with van der Waals surface area (Å²) in [5.41, 5.74) is 0. The zero-order valence-electron chi connectivity index (χ0n) is 17.1. The first kappa shape index (κ1) is 23.9. The first-order valence-electron chi connectivity index (χ1n) is 9.63. The number of hydrogen-bond acceptors (Lipinski definition) is 4. The fourth-order valence-electron chi connectivity index (χ4n) is 3.15. The number of nitrogens with one attached hydrogen (secondary N) is 1. The molecule has 0 bridgehead atoms. The number of rotatable bonds is 5. The molecule has 0 aromatic rings. The largest absolute Gasteiger partial charge is 0.354 e. The van der Waals surface area contributed by atoms with Crippen molar-refractivity contribution in [2.24, 2.45) is 4.99 Å². The van der Waals surface area contributed by atoms with E-state index in [4.69, 9.17) is 0 Å². The number of likely N-dealkylation sites (N-methyl/N-ethyl adjacent to an activating group) is 1. The van der Waals surface area contributed by atoms with Gasteiger partial charge in [0.2, 0.25) is 11.8 Å². The molecule has 0 aromatic carbocycles. The van der Waals surface area contributed by atoms with Gasteiger partial charge in [-0.3, -0.25) is 14.5 Å². The molecule has 156 valence electrons. The maximum atomic E-state index is 12.3. The standard InChI is InChI=1S/C18H34N6O2.HI/c1-15(2)20-18(19-13-16(25)21(3)4)24-11-9-22(10-12-24)14-17(26)23-7-5-6-8-23;/h15H,5-14H2,1-4H3,(H,19,20);1H. The molecule has 2 fully saturated rings.